The molecule has 3 N–H and O–H groups in total. The van der Waals surface area contributed by atoms with Crippen LogP contribution in [-0.4, -0.2) is 38.1 Å². The van der Waals surface area contributed by atoms with Gasteiger partial charge in [-0.25, -0.2) is 0 Å². The van der Waals surface area contributed by atoms with Crippen molar-refractivity contribution in [2.45, 2.75) is 19.8 Å². The molecule has 7 heteroatoms. The fraction of sp³-hybridized carbons (Fsp3) is 0.400. The van der Waals surface area contributed by atoms with Gasteiger partial charge < -0.3 is 25.1 Å². The molecule has 0 spiro atoms. The van der Waals surface area contributed by atoms with Gasteiger partial charge >= 0.3 is 0 Å². The molecule has 1 saturated heterocycles. The Morgan fingerprint density at radius 1 is 1.22 bits per heavy atom. The summed E-state index contributed by atoms with van der Waals surface area (Å²) >= 11 is 0. The number of anilines is 1. The summed E-state index contributed by atoms with van der Waals surface area (Å²) < 4.78 is 10.6. The minimum atomic E-state index is -0.342. The second kappa shape index (κ2) is 8.73. The molecule has 0 radical (unpaired) electrons. The average Bonchev–Trinajstić information content (AvgIpc) is 3.21. The third kappa shape index (κ3) is 5.59. The van der Waals surface area contributed by atoms with Crippen LogP contribution in [0.2, 0.25) is 0 Å². The van der Waals surface area contributed by atoms with Gasteiger partial charge in [-0.3, -0.25) is 9.59 Å². The molecule has 0 saturated carbocycles. The lowest BCUT2D eigenvalue weighted by molar-refractivity contribution is -0.123. The number of rotatable bonds is 7. The van der Waals surface area contributed by atoms with Gasteiger partial charge in [0.2, 0.25) is 0 Å². The molecule has 1 aliphatic rings. The lowest BCUT2D eigenvalue weighted by atomic mass is 9.81. The van der Waals surface area contributed by atoms with Gasteiger partial charge in [-0.2, -0.15) is 0 Å². The van der Waals surface area contributed by atoms with Crippen molar-refractivity contribution in [2.75, 3.05) is 31.6 Å². The van der Waals surface area contributed by atoms with Gasteiger partial charge in [0.05, 0.1) is 6.26 Å². The highest BCUT2D eigenvalue weighted by atomic mass is 16.5. The lowest BCUT2D eigenvalue weighted by Gasteiger charge is -2.34. The molecule has 2 heterocycles. The van der Waals surface area contributed by atoms with Crippen LogP contribution in [0.3, 0.4) is 0 Å². The van der Waals surface area contributed by atoms with E-state index in [-0.39, 0.29) is 29.6 Å². The van der Waals surface area contributed by atoms with Crippen LogP contribution in [0, 0.1) is 5.41 Å². The van der Waals surface area contributed by atoms with Crippen molar-refractivity contribution >= 4 is 17.5 Å². The molecule has 0 atom stereocenters. The molecule has 1 aromatic carbocycles. The Kier molecular flexibility index (Phi) is 6.13. The van der Waals surface area contributed by atoms with Crippen LogP contribution in [-0.2, 0) is 4.79 Å². The first-order chi connectivity index (χ1) is 13.0. The van der Waals surface area contributed by atoms with Gasteiger partial charge in [0.15, 0.2) is 12.4 Å². The van der Waals surface area contributed by atoms with E-state index in [9.17, 15) is 9.59 Å². The van der Waals surface area contributed by atoms with Gasteiger partial charge in [0, 0.05) is 18.3 Å². The smallest absolute Gasteiger partial charge is 0.291 e. The van der Waals surface area contributed by atoms with E-state index in [4.69, 9.17) is 9.15 Å². The number of ether oxygens (including phenoxy) is 1. The Morgan fingerprint density at radius 2 is 2.04 bits per heavy atom. The molecular formula is C20H25N3O4. The summed E-state index contributed by atoms with van der Waals surface area (Å²) in [6.07, 6.45) is 3.54. The van der Waals surface area contributed by atoms with Crippen LogP contribution in [0.15, 0.2) is 47.1 Å². The third-order valence-corrected chi connectivity index (χ3v) is 4.73. The normalized spacial score (nSPS) is 15.7. The molecular weight excluding hydrogens is 346 g/mol. The van der Waals surface area contributed by atoms with E-state index < -0.39 is 0 Å². The molecule has 27 heavy (non-hydrogen) atoms. The van der Waals surface area contributed by atoms with Crippen molar-refractivity contribution in [3.05, 3.63) is 48.4 Å². The monoisotopic (exact) mass is 371 g/mol. The molecule has 0 unspecified atom stereocenters. The molecule has 144 valence electrons. The molecule has 3 rings (SSSR count). The summed E-state index contributed by atoms with van der Waals surface area (Å²) in [6.45, 7) is 4.75. The minimum Gasteiger partial charge on any atom is -0.484 e. The molecule has 7 nitrogen and oxygen atoms in total. The Morgan fingerprint density at radius 3 is 2.78 bits per heavy atom. The van der Waals surface area contributed by atoms with E-state index in [1.807, 2.05) is 0 Å². The van der Waals surface area contributed by atoms with Gasteiger partial charge in [-0.15, -0.1) is 0 Å². The number of hydrogen-bond donors (Lipinski definition) is 3. The van der Waals surface area contributed by atoms with Crippen molar-refractivity contribution in [3.63, 3.8) is 0 Å². The van der Waals surface area contributed by atoms with Crippen LogP contribution in [0.1, 0.15) is 30.3 Å². The zero-order valence-electron chi connectivity index (χ0n) is 15.4. The van der Waals surface area contributed by atoms with Crippen molar-refractivity contribution in [3.8, 4) is 5.75 Å². The first kappa shape index (κ1) is 19.0. The number of carbonyl (C=O) groups is 2. The Hall–Kier alpha value is -2.80. The number of benzene rings is 1. The number of carbonyl (C=O) groups excluding carboxylic acids is 2. The van der Waals surface area contributed by atoms with Crippen LogP contribution >= 0.6 is 0 Å². The largest absolute Gasteiger partial charge is 0.484 e. The van der Waals surface area contributed by atoms with Crippen LogP contribution in [0.5, 0.6) is 5.75 Å². The topological polar surface area (TPSA) is 92.6 Å². The molecule has 1 aliphatic heterocycles. The minimum absolute atomic E-state index is 0.0656. The highest BCUT2D eigenvalue weighted by molar-refractivity contribution is 6.02. The summed E-state index contributed by atoms with van der Waals surface area (Å²) in [5, 5.41) is 9.01. The van der Waals surface area contributed by atoms with Crippen molar-refractivity contribution in [1.82, 2.24) is 10.6 Å². The molecule has 2 aromatic rings. The summed E-state index contributed by atoms with van der Waals surface area (Å²) in [5.74, 6) is 0.243. The number of furan rings is 1. The average molecular weight is 371 g/mol. The van der Waals surface area contributed by atoms with E-state index >= 15 is 0 Å². The molecule has 2 amide bonds. The highest BCUT2D eigenvalue weighted by Crippen LogP contribution is 2.26. The maximum atomic E-state index is 12.1. The standard InChI is InChI=1S/C20H25N3O4/c1-20(7-9-21-10-8-20)14-22-18(24)13-27-16-5-2-4-15(12-16)23-19(25)17-6-3-11-26-17/h2-6,11-12,21H,7-10,13-14H2,1H3,(H,22,24)(H,23,25). The summed E-state index contributed by atoms with van der Waals surface area (Å²) in [7, 11) is 0. The van der Waals surface area contributed by atoms with Crippen molar-refractivity contribution in [1.29, 1.82) is 0 Å². The number of nitrogens with one attached hydrogen (secondary N) is 3. The van der Waals surface area contributed by atoms with Crippen LogP contribution in [0.4, 0.5) is 5.69 Å². The predicted molar refractivity (Wildman–Crippen MR) is 102 cm³/mol. The number of hydrogen-bond acceptors (Lipinski definition) is 5. The van der Waals surface area contributed by atoms with E-state index in [0.29, 0.717) is 18.0 Å². The van der Waals surface area contributed by atoms with Crippen LogP contribution in [0.25, 0.3) is 0 Å². The number of amides is 2. The second-order valence-corrected chi connectivity index (χ2v) is 7.09. The lowest BCUT2D eigenvalue weighted by Crippen LogP contribution is -2.43. The van der Waals surface area contributed by atoms with E-state index in [1.54, 1.807) is 36.4 Å². The summed E-state index contributed by atoms with van der Waals surface area (Å²) in [4.78, 5) is 24.1. The summed E-state index contributed by atoms with van der Waals surface area (Å²) in [6, 6.07) is 10.1. The van der Waals surface area contributed by atoms with E-state index in [1.165, 1.54) is 6.26 Å². The second-order valence-electron chi connectivity index (χ2n) is 7.09. The van der Waals surface area contributed by atoms with Gasteiger partial charge in [-0.05, 0) is 55.6 Å². The summed E-state index contributed by atoms with van der Waals surface area (Å²) in [5.41, 5.74) is 0.702. The van der Waals surface area contributed by atoms with Crippen molar-refractivity contribution < 1.29 is 18.7 Å². The quantitative estimate of drug-likeness (QED) is 0.695. The highest BCUT2D eigenvalue weighted by Gasteiger charge is 2.26. The first-order valence-electron chi connectivity index (χ1n) is 9.09. The number of piperidine rings is 1. The molecule has 1 fully saturated rings. The Balaban J connectivity index is 1.46. The first-order valence-corrected chi connectivity index (χ1v) is 9.09. The third-order valence-electron chi connectivity index (χ3n) is 4.73. The fourth-order valence-corrected chi connectivity index (χ4v) is 2.98. The molecule has 1 aromatic heterocycles. The Labute approximate surface area is 158 Å². The van der Waals surface area contributed by atoms with E-state index in [2.05, 4.69) is 22.9 Å². The molecule has 0 aliphatic carbocycles. The van der Waals surface area contributed by atoms with Crippen molar-refractivity contribution in [2.24, 2.45) is 5.41 Å². The van der Waals surface area contributed by atoms with Crippen LogP contribution < -0.4 is 20.7 Å². The van der Waals surface area contributed by atoms with Gasteiger partial charge in [-0.1, -0.05) is 13.0 Å². The fourth-order valence-electron chi connectivity index (χ4n) is 2.98. The maximum Gasteiger partial charge on any atom is 0.291 e. The predicted octanol–water partition coefficient (Wildman–Crippen LogP) is 2.42. The SMILES string of the molecule is CC1(CNC(=O)COc2cccc(NC(=O)c3ccco3)c2)CCNCC1. The zero-order chi connectivity index (χ0) is 19.1. The molecule has 0 bridgehead atoms. The maximum absolute atomic E-state index is 12.1. The zero-order valence-corrected chi connectivity index (χ0v) is 15.4. The Bertz CT molecular complexity index is 767. The van der Waals surface area contributed by atoms with E-state index in [0.717, 1.165) is 25.9 Å². The van der Waals surface area contributed by atoms with Gasteiger partial charge in [0.25, 0.3) is 11.8 Å². The van der Waals surface area contributed by atoms with Gasteiger partial charge in [0.1, 0.15) is 5.75 Å².